The van der Waals surface area contributed by atoms with Gasteiger partial charge in [0.1, 0.15) is 5.84 Å². The van der Waals surface area contributed by atoms with Crippen LogP contribution in [0.3, 0.4) is 0 Å². The van der Waals surface area contributed by atoms with Crippen LogP contribution < -0.4 is 10.4 Å². The summed E-state index contributed by atoms with van der Waals surface area (Å²) in [6.07, 6.45) is 1.87. The Morgan fingerprint density at radius 3 is 2.79 bits per heavy atom. The first-order valence-electron chi connectivity index (χ1n) is 4.15. The number of aryl methyl sites for hydroxylation is 2. The van der Waals surface area contributed by atoms with Crippen molar-refractivity contribution in [3.8, 4) is 5.88 Å². The van der Waals surface area contributed by atoms with E-state index < -0.39 is 0 Å². The van der Waals surface area contributed by atoms with Crippen molar-refractivity contribution < 1.29 is 4.84 Å². The molecule has 0 amide bonds. The van der Waals surface area contributed by atoms with Crippen molar-refractivity contribution in [2.24, 2.45) is 12.1 Å². The number of aromatic nitrogens is 2. The lowest BCUT2D eigenvalue weighted by molar-refractivity contribution is -0.0179. The standard InChI is InChI=1S/C7H11N6O/c1-5-4-12(3)9-7(5)14-13-6(2)8-10-11-13/h4,11H,1-3H3/q-1. The maximum atomic E-state index is 5.40. The van der Waals surface area contributed by atoms with Gasteiger partial charge in [-0.3, -0.25) is 10.2 Å². The largest absolute Gasteiger partial charge is 0.517 e. The van der Waals surface area contributed by atoms with Crippen molar-refractivity contribution >= 4 is 5.84 Å². The number of hydrogen-bond donors (Lipinski definition) is 1. The number of nitrogens with one attached hydrogen (secondary N) is 1. The van der Waals surface area contributed by atoms with Crippen molar-refractivity contribution in [2.45, 2.75) is 13.8 Å². The van der Waals surface area contributed by atoms with Gasteiger partial charge in [-0.05, 0) is 13.8 Å². The van der Waals surface area contributed by atoms with Crippen molar-refractivity contribution in [1.29, 1.82) is 0 Å². The zero-order valence-corrected chi connectivity index (χ0v) is 8.22. The lowest BCUT2D eigenvalue weighted by atomic mass is 10.4. The van der Waals surface area contributed by atoms with Crippen molar-refractivity contribution in [3.63, 3.8) is 0 Å². The van der Waals surface area contributed by atoms with Crippen LogP contribution in [0.1, 0.15) is 12.5 Å². The van der Waals surface area contributed by atoms with Gasteiger partial charge < -0.3 is 15.5 Å². The first kappa shape index (κ1) is 8.82. The zero-order chi connectivity index (χ0) is 10.1. The minimum atomic E-state index is 0.534. The highest BCUT2D eigenvalue weighted by molar-refractivity contribution is 5.80. The van der Waals surface area contributed by atoms with Gasteiger partial charge in [-0.15, -0.1) is 10.3 Å². The summed E-state index contributed by atoms with van der Waals surface area (Å²) < 4.78 is 1.68. The Kier molecular flexibility index (Phi) is 2.01. The van der Waals surface area contributed by atoms with Gasteiger partial charge in [-0.25, -0.2) is 0 Å². The average Bonchev–Trinajstić information content (AvgIpc) is 2.62. The van der Waals surface area contributed by atoms with Crippen LogP contribution in [0.4, 0.5) is 0 Å². The molecule has 7 nitrogen and oxygen atoms in total. The van der Waals surface area contributed by atoms with Gasteiger partial charge in [0.05, 0.1) is 0 Å². The summed E-state index contributed by atoms with van der Waals surface area (Å²) in [5, 5.41) is 9.23. The van der Waals surface area contributed by atoms with Crippen LogP contribution in [0.5, 0.6) is 5.88 Å². The Balaban J connectivity index is 2.11. The van der Waals surface area contributed by atoms with Gasteiger partial charge in [0.25, 0.3) is 5.88 Å². The highest BCUT2D eigenvalue weighted by Gasteiger charge is 2.12. The van der Waals surface area contributed by atoms with Gasteiger partial charge in [-0.1, -0.05) is 0 Å². The van der Waals surface area contributed by atoms with Crippen molar-refractivity contribution in [1.82, 2.24) is 20.5 Å². The number of hydrogen-bond acceptors (Lipinski definition) is 5. The van der Waals surface area contributed by atoms with E-state index in [1.165, 1.54) is 5.17 Å². The van der Waals surface area contributed by atoms with Crippen LogP contribution in [0.2, 0.25) is 0 Å². The van der Waals surface area contributed by atoms with Gasteiger partial charge in [-0.2, -0.15) is 0 Å². The van der Waals surface area contributed by atoms with E-state index in [4.69, 9.17) is 4.84 Å². The van der Waals surface area contributed by atoms with Crippen LogP contribution in [0.15, 0.2) is 11.3 Å². The van der Waals surface area contributed by atoms with Gasteiger partial charge >= 0.3 is 0 Å². The number of hydroxylamine groups is 1. The summed E-state index contributed by atoms with van der Waals surface area (Å²) in [6.45, 7) is 3.70. The molecule has 0 aromatic carbocycles. The topological polar surface area (TPSA) is 68.8 Å². The Hall–Kier alpha value is -1.76. The summed E-state index contributed by atoms with van der Waals surface area (Å²) in [5.74, 6) is 1.17. The molecule has 1 aliphatic rings. The predicted molar refractivity (Wildman–Crippen MR) is 50.0 cm³/mol. The Bertz CT molecular complexity index is 370. The first-order chi connectivity index (χ1) is 6.66. The van der Waals surface area contributed by atoms with E-state index in [2.05, 4.69) is 21.3 Å². The Morgan fingerprint density at radius 1 is 1.50 bits per heavy atom. The molecule has 0 atom stereocenters. The highest BCUT2D eigenvalue weighted by atomic mass is 16.7. The SMILES string of the molecule is CC1=N[N-]NN1Oc1nn(C)cc1C. The minimum Gasteiger partial charge on any atom is -0.517 e. The molecule has 2 rings (SSSR count). The summed E-state index contributed by atoms with van der Waals surface area (Å²) in [5.41, 5.74) is 7.11. The molecule has 0 saturated heterocycles. The van der Waals surface area contributed by atoms with E-state index in [1.807, 2.05) is 20.2 Å². The maximum absolute atomic E-state index is 5.40. The van der Waals surface area contributed by atoms with Crippen LogP contribution in [-0.4, -0.2) is 20.8 Å². The number of amidine groups is 1. The molecule has 0 spiro atoms. The third kappa shape index (κ3) is 1.49. The number of nitrogens with zero attached hydrogens (tertiary/aromatic N) is 5. The van der Waals surface area contributed by atoms with E-state index in [-0.39, 0.29) is 0 Å². The predicted octanol–water partition coefficient (Wildman–Crippen LogP) is 0.465. The lowest BCUT2D eigenvalue weighted by Crippen LogP contribution is -2.37. The normalized spacial score (nSPS) is 15.4. The summed E-state index contributed by atoms with van der Waals surface area (Å²) >= 11 is 0. The second kappa shape index (κ2) is 3.18. The average molecular weight is 195 g/mol. The van der Waals surface area contributed by atoms with Crippen molar-refractivity contribution in [3.05, 3.63) is 17.3 Å². The Morgan fingerprint density at radius 2 is 2.29 bits per heavy atom. The van der Waals surface area contributed by atoms with Crippen LogP contribution >= 0.6 is 0 Å². The third-order valence-electron chi connectivity index (χ3n) is 1.77. The lowest BCUT2D eigenvalue weighted by Gasteiger charge is -2.20. The third-order valence-corrected chi connectivity index (χ3v) is 1.77. The van der Waals surface area contributed by atoms with Crippen LogP contribution in [0, 0.1) is 6.92 Å². The molecule has 1 aliphatic heterocycles. The number of rotatable bonds is 2. The summed E-state index contributed by atoms with van der Waals surface area (Å²) in [4.78, 5) is 5.40. The summed E-state index contributed by atoms with van der Waals surface area (Å²) in [6, 6.07) is 0. The second-order valence-electron chi connectivity index (χ2n) is 3.02. The monoisotopic (exact) mass is 195 g/mol. The van der Waals surface area contributed by atoms with Gasteiger partial charge in [0.15, 0.2) is 0 Å². The first-order valence-corrected chi connectivity index (χ1v) is 4.15. The van der Waals surface area contributed by atoms with E-state index in [0.29, 0.717) is 11.7 Å². The fourth-order valence-corrected chi connectivity index (χ4v) is 1.10. The molecule has 7 heteroatoms. The molecule has 0 unspecified atom stereocenters. The van der Waals surface area contributed by atoms with E-state index in [0.717, 1.165) is 5.56 Å². The molecule has 2 heterocycles. The molecule has 76 valence electrons. The fraction of sp³-hybridized carbons (Fsp3) is 0.429. The molecular formula is C7H11N6O-. The molecule has 0 fully saturated rings. The van der Waals surface area contributed by atoms with E-state index in [9.17, 15) is 0 Å². The smallest absolute Gasteiger partial charge is 0.269 e. The second-order valence-corrected chi connectivity index (χ2v) is 3.02. The van der Waals surface area contributed by atoms with Crippen LogP contribution in [-0.2, 0) is 7.05 Å². The fourth-order valence-electron chi connectivity index (χ4n) is 1.10. The van der Waals surface area contributed by atoms with Gasteiger partial charge in [0.2, 0.25) is 0 Å². The molecule has 1 N–H and O–H groups in total. The highest BCUT2D eigenvalue weighted by Crippen LogP contribution is 2.15. The minimum absolute atomic E-state index is 0.534. The molecule has 0 radical (unpaired) electrons. The van der Waals surface area contributed by atoms with E-state index in [1.54, 1.807) is 11.6 Å². The molecule has 0 bridgehead atoms. The van der Waals surface area contributed by atoms with E-state index >= 15 is 0 Å². The Labute approximate surface area is 81.2 Å². The molecular weight excluding hydrogens is 184 g/mol. The quantitative estimate of drug-likeness (QED) is 0.744. The van der Waals surface area contributed by atoms with Crippen LogP contribution in [0.25, 0.3) is 5.53 Å². The number of hydrazine groups is 1. The van der Waals surface area contributed by atoms with Crippen molar-refractivity contribution in [2.75, 3.05) is 0 Å². The molecule has 0 saturated carbocycles. The summed E-state index contributed by atoms with van der Waals surface area (Å²) in [7, 11) is 1.84. The maximum Gasteiger partial charge on any atom is 0.269 e. The van der Waals surface area contributed by atoms with Gasteiger partial charge in [0, 0.05) is 18.8 Å². The zero-order valence-electron chi connectivity index (χ0n) is 8.22. The molecule has 14 heavy (non-hydrogen) atoms. The molecule has 1 aromatic rings. The molecule has 1 aromatic heterocycles. The molecule has 0 aliphatic carbocycles.